The third kappa shape index (κ3) is 3.15. The van der Waals surface area contributed by atoms with Crippen LogP contribution in [-0.4, -0.2) is 46.8 Å². The first kappa shape index (κ1) is 17.6. The summed E-state index contributed by atoms with van der Waals surface area (Å²) in [6.45, 7) is 5.44. The van der Waals surface area contributed by atoms with Gasteiger partial charge in [-0.2, -0.15) is 0 Å². The highest BCUT2D eigenvalue weighted by molar-refractivity contribution is 5.83. The molecule has 1 aromatic carbocycles. The van der Waals surface area contributed by atoms with Gasteiger partial charge in [0.25, 0.3) is 0 Å². The van der Waals surface area contributed by atoms with E-state index in [4.69, 9.17) is 0 Å². The molecule has 4 heteroatoms. The minimum absolute atomic E-state index is 0.119. The molecule has 0 N–H and O–H groups in total. The van der Waals surface area contributed by atoms with Crippen LogP contribution in [0.15, 0.2) is 30.3 Å². The molecule has 3 fully saturated rings. The molecule has 4 rings (SSSR count). The fourth-order valence-corrected chi connectivity index (χ4v) is 5.12. The van der Waals surface area contributed by atoms with E-state index >= 15 is 0 Å². The summed E-state index contributed by atoms with van der Waals surface area (Å²) in [6.07, 6.45) is 5.41. The topological polar surface area (TPSA) is 40.6 Å². The SMILES string of the molecule is CC(=O)N1CCCCC[C@@H]2[C@@H]1[C@H](c1ccccc1)CN2C(=O)C1CC1C. The maximum Gasteiger partial charge on any atom is 0.226 e. The highest BCUT2D eigenvalue weighted by Gasteiger charge is 2.51. The van der Waals surface area contributed by atoms with Crippen LogP contribution in [-0.2, 0) is 9.59 Å². The fourth-order valence-electron chi connectivity index (χ4n) is 5.12. The molecule has 2 amide bonds. The van der Waals surface area contributed by atoms with Crippen molar-refractivity contribution in [2.75, 3.05) is 13.1 Å². The highest BCUT2D eigenvalue weighted by atomic mass is 16.2. The molecule has 0 spiro atoms. The van der Waals surface area contributed by atoms with Gasteiger partial charge in [0.2, 0.25) is 11.8 Å². The Morgan fingerprint density at radius 2 is 1.77 bits per heavy atom. The quantitative estimate of drug-likeness (QED) is 0.816. The lowest BCUT2D eigenvalue weighted by Gasteiger charge is -2.38. The Hall–Kier alpha value is -1.84. The van der Waals surface area contributed by atoms with Crippen LogP contribution < -0.4 is 0 Å². The zero-order valence-electron chi connectivity index (χ0n) is 15.9. The largest absolute Gasteiger partial charge is 0.337 e. The van der Waals surface area contributed by atoms with Crippen LogP contribution in [0.25, 0.3) is 0 Å². The van der Waals surface area contributed by atoms with Crippen molar-refractivity contribution in [3.8, 4) is 0 Å². The van der Waals surface area contributed by atoms with Gasteiger partial charge in [-0.1, -0.05) is 50.1 Å². The van der Waals surface area contributed by atoms with E-state index in [0.29, 0.717) is 11.8 Å². The smallest absolute Gasteiger partial charge is 0.226 e. The summed E-state index contributed by atoms with van der Waals surface area (Å²) in [5.41, 5.74) is 1.26. The van der Waals surface area contributed by atoms with Crippen LogP contribution in [0.1, 0.15) is 57.4 Å². The van der Waals surface area contributed by atoms with Gasteiger partial charge in [-0.05, 0) is 30.7 Å². The highest BCUT2D eigenvalue weighted by Crippen LogP contribution is 2.44. The number of likely N-dealkylation sites (tertiary alicyclic amines) is 2. The second-order valence-corrected chi connectivity index (χ2v) is 8.45. The summed E-state index contributed by atoms with van der Waals surface area (Å²) in [7, 11) is 0. The van der Waals surface area contributed by atoms with Crippen molar-refractivity contribution in [3.05, 3.63) is 35.9 Å². The molecule has 0 aromatic heterocycles. The molecular weight excluding hydrogens is 324 g/mol. The van der Waals surface area contributed by atoms with Gasteiger partial charge >= 0.3 is 0 Å². The summed E-state index contributed by atoms with van der Waals surface area (Å²) >= 11 is 0. The minimum Gasteiger partial charge on any atom is -0.337 e. The van der Waals surface area contributed by atoms with E-state index in [1.165, 1.54) is 5.56 Å². The predicted molar refractivity (Wildman–Crippen MR) is 102 cm³/mol. The number of hydrogen-bond donors (Lipinski definition) is 0. The second-order valence-electron chi connectivity index (χ2n) is 8.45. The Morgan fingerprint density at radius 3 is 2.42 bits per heavy atom. The van der Waals surface area contributed by atoms with E-state index in [2.05, 4.69) is 41.0 Å². The third-order valence-corrected chi connectivity index (χ3v) is 6.70. The molecule has 0 bridgehead atoms. The molecule has 26 heavy (non-hydrogen) atoms. The predicted octanol–water partition coefficient (Wildman–Crippen LogP) is 3.43. The molecule has 4 nitrogen and oxygen atoms in total. The van der Waals surface area contributed by atoms with Crippen molar-refractivity contribution in [2.24, 2.45) is 11.8 Å². The number of carbonyl (C=O) groups excluding carboxylic acids is 2. The van der Waals surface area contributed by atoms with Gasteiger partial charge in [0, 0.05) is 31.8 Å². The summed E-state index contributed by atoms with van der Waals surface area (Å²) in [4.78, 5) is 29.9. The fraction of sp³-hybridized carbons (Fsp3) is 0.636. The summed E-state index contributed by atoms with van der Waals surface area (Å²) in [5, 5.41) is 0. The number of nitrogens with zero attached hydrogens (tertiary/aromatic N) is 2. The molecule has 1 aliphatic carbocycles. The monoisotopic (exact) mass is 354 g/mol. The Morgan fingerprint density at radius 1 is 1.04 bits per heavy atom. The van der Waals surface area contributed by atoms with Crippen LogP contribution >= 0.6 is 0 Å². The number of fused-ring (bicyclic) bond motifs is 1. The first-order valence-electron chi connectivity index (χ1n) is 10.2. The molecular formula is C22H30N2O2. The number of benzene rings is 1. The van der Waals surface area contributed by atoms with E-state index in [1.54, 1.807) is 6.92 Å². The summed E-state index contributed by atoms with van der Waals surface area (Å²) in [6, 6.07) is 10.8. The molecule has 2 heterocycles. The minimum atomic E-state index is 0.119. The van der Waals surface area contributed by atoms with E-state index in [9.17, 15) is 9.59 Å². The van der Waals surface area contributed by atoms with Gasteiger partial charge in [-0.15, -0.1) is 0 Å². The number of carbonyl (C=O) groups is 2. The van der Waals surface area contributed by atoms with E-state index in [-0.39, 0.29) is 29.8 Å². The lowest BCUT2D eigenvalue weighted by molar-refractivity contribution is -0.137. The van der Waals surface area contributed by atoms with Crippen molar-refractivity contribution in [2.45, 2.75) is 64.0 Å². The van der Waals surface area contributed by atoms with Gasteiger partial charge in [-0.25, -0.2) is 0 Å². The zero-order chi connectivity index (χ0) is 18.3. The van der Waals surface area contributed by atoms with Crippen LogP contribution in [0, 0.1) is 11.8 Å². The van der Waals surface area contributed by atoms with E-state index in [1.807, 2.05) is 6.07 Å². The Kier molecular flexibility index (Phi) is 4.76. The van der Waals surface area contributed by atoms with Crippen molar-refractivity contribution in [1.82, 2.24) is 9.80 Å². The first-order valence-corrected chi connectivity index (χ1v) is 10.2. The Balaban J connectivity index is 1.70. The van der Waals surface area contributed by atoms with Gasteiger partial charge in [0.05, 0.1) is 12.1 Å². The summed E-state index contributed by atoms with van der Waals surface area (Å²) in [5.74, 6) is 1.43. The maximum atomic E-state index is 13.1. The second kappa shape index (κ2) is 7.05. The molecule has 5 atom stereocenters. The zero-order valence-corrected chi connectivity index (χ0v) is 15.9. The van der Waals surface area contributed by atoms with E-state index < -0.39 is 0 Å². The van der Waals surface area contributed by atoms with Gasteiger partial charge in [0.15, 0.2) is 0 Å². The van der Waals surface area contributed by atoms with Crippen molar-refractivity contribution in [1.29, 1.82) is 0 Å². The molecule has 1 saturated carbocycles. The van der Waals surface area contributed by atoms with Gasteiger partial charge < -0.3 is 9.80 Å². The van der Waals surface area contributed by atoms with Gasteiger partial charge in [-0.3, -0.25) is 9.59 Å². The average molecular weight is 354 g/mol. The molecule has 140 valence electrons. The first-order chi connectivity index (χ1) is 12.6. The van der Waals surface area contributed by atoms with Crippen molar-refractivity contribution in [3.63, 3.8) is 0 Å². The molecule has 2 aliphatic heterocycles. The molecule has 0 radical (unpaired) electrons. The van der Waals surface area contributed by atoms with E-state index in [0.717, 1.165) is 45.2 Å². The lowest BCUT2D eigenvalue weighted by atomic mass is 9.87. The Bertz CT molecular complexity index is 674. The molecule has 2 unspecified atom stereocenters. The molecule has 1 aromatic rings. The number of amides is 2. The van der Waals surface area contributed by atoms with Gasteiger partial charge in [0.1, 0.15) is 0 Å². The lowest BCUT2D eigenvalue weighted by Crippen LogP contribution is -2.51. The Labute approximate surface area is 156 Å². The van der Waals surface area contributed by atoms with Crippen LogP contribution in [0.4, 0.5) is 0 Å². The van der Waals surface area contributed by atoms with Crippen LogP contribution in [0.3, 0.4) is 0 Å². The average Bonchev–Trinajstić information content (AvgIpc) is 3.23. The summed E-state index contributed by atoms with van der Waals surface area (Å²) < 4.78 is 0. The number of rotatable bonds is 2. The van der Waals surface area contributed by atoms with Crippen LogP contribution in [0.5, 0.6) is 0 Å². The normalized spacial score (nSPS) is 34.0. The third-order valence-electron chi connectivity index (χ3n) is 6.70. The van der Waals surface area contributed by atoms with Crippen molar-refractivity contribution < 1.29 is 9.59 Å². The number of hydrogen-bond acceptors (Lipinski definition) is 2. The molecule has 2 saturated heterocycles. The maximum absolute atomic E-state index is 13.1. The van der Waals surface area contributed by atoms with Crippen LogP contribution in [0.2, 0.25) is 0 Å². The van der Waals surface area contributed by atoms with Crippen molar-refractivity contribution >= 4 is 11.8 Å². The molecule has 3 aliphatic rings. The standard InChI is InChI=1S/C22H30N2O2/c1-15-13-18(15)22(26)24-14-19(17-9-5-3-6-10-17)21-20(24)11-7-4-8-12-23(21)16(2)25/h3,5-6,9-10,15,18-21H,4,7-8,11-14H2,1-2H3/t15?,18?,19-,20+,21-/m0/s1.